The van der Waals surface area contributed by atoms with Crippen LogP contribution in [-0.2, 0) is 15.6 Å². The molecule has 174 valence electrons. The van der Waals surface area contributed by atoms with Gasteiger partial charge in [-0.25, -0.2) is 9.97 Å². The van der Waals surface area contributed by atoms with Gasteiger partial charge in [0.15, 0.2) is 0 Å². The van der Waals surface area contributed by atoms with Gasteiger partial charge in [-0.1, -0.05) is 44.5 Å². The van der Waals surface area contributed by atoms with Gasteiger partial charge >= 0.3 is 0 Å². The smallest absolute Gasteiger partial charge is 0.271 e. The molecule has 2 unspecified atom stereocenters. The number of amides is 2. The summed E-state index contributed by atoms with van der Waals surface area (Å²) in [5, 5.41) is 11.5. The van der Waals surface area contributed by atoms with E-state index >= 15 is 0 Å². The zero-order valence-electron chi connectivity index (χ0n) is 18.8. The summed E-state index contributed by atoms with van der Waals surface area (Å²) in [5.41, 5.74) is 5.23. The minimum atomic E-state index is -1.07. The summed E-state index contributed by atoms with van der Waals surface area (Å²) in [6.07, 6.45) is 1.22. The second kappa shape index (κ2) is 7.20. The van der Waals surface area contributed by atoms with Crippen molar-refractivity contribution in [2.75, 3.05) is 0 Å². The summed E-state index contributed by atoms with van der Waals surface area (Å²) >= 11 is 6.10. The number of fused-ring (bicyclic) bond motifs is 6. The molecule has 2 amide bonds. The lowest BCUT2D eigenvalue weighted by molar-refractivity contribution is -0.384. The fourth-order valence-corrected chi connectivity index (χ4v) is 5.86. The maximum absolute atomic E-state index is 13.7. The highest BCUT2D eigenvalue weighted by atomic mass is 35.5. The van der Waals surface area contributed by atoms with Crippen molar-refractivity contribution in [3.63, 3.8) is 0 Å². The molecule has 3 aromatic rings. The molecule has 34 heavy (non-hydrogen) atoms. The van der Waals surface area contributed by atoms with E-state index in [0.29, 0.717) is 29.6 Å². The van der Waals surface area contributed by atoms with Crippen molar-refractivity contribution in [2.24, 2.45) is 5.41 Å². The van der Waals surface area contributed by atoms with Crippen molar-refractivity contribution in [3.05, 3.63) is 74.6 Å². The van der Waals surface area contributed by atoms with Crippen LogP contribution in [-0.4, -0.2) is 26.7 Å². The Morgan fingerprint density at radius 1 is 1.00 bits per heavy atom. The lowest BCUT2D eigenvalue weighted by atomic mass is 9.63. The molecule has 0 spiro atoms. The van der Waals surface area contributed by atoms with Crippen molar-refractivity contribution in [2.45, 2.75) is 44.4 Å². The molecule has 2 atom stereocenters. The number of rotatable bonds is 3. The van der Waals surface area contributed by atoms with Gasteiger partial charge in [0.05, 0.1) is 37.9 Å². The average molecular weight is 480 g/mol. The van der Waals surface area contributed by atoms with Crippen LogP contribution in [0.2, 0.25) is 5.02 Å². The predicted octanol–water partition coefficient (Wildman–Crippen LogP) is 3.98. The molecule has 1 heterocycles. The van der Waals surface area contributed by atoms with Gasteiger partial charge in [-0.05, 0) is 36.5 Å². The van der Waals surface area contributed by atoms with Crippen LogP contribution in [0, 0.1) is 15.5 Å². The van der Waals surface area contributed by atoms with E-state index in [9.17, 15) is 19.7 Å². The van der Waals surface area contributed by atoms with Crippen LogP contribution in [0.5, 0.6) is 0 Å². The van der Waals surface area contributed by atoms with E-state index in [1.807, 2.05) is 13.8 Å². The third kappa shape index (κ3) is 2.73. The lowest BCUT2D eigenvalue weighted by Gasteiger charge is -2.39. The second-order valence-corrected chi connectivity index (χ2v) is 10.0. The van der Waals surface area contributed by atoms with Gasteiger partial charge < -0.3 is 0 Å². The Bertz CT molecular complexity index is 1410. The SMILES string of the molecule is CC12CCC(C(=O)NNC(=O)c3ccccc3Cl)(c3nc4cc([N+](=O)[O-])ccc4nc31)C2(C)C. The van der Waals surface area contributed by atoms with Crippen LogP contribution in [0.4, 0.5) is 5.69 Å². The first kappa shape index (κ1) is 22.2. The number of hydrazine groups is 1. The Morgan fingerprint density at radius 3 is 2.41 bits per heavy atom. The first-order valence-electron chi connectivity index (χ1n) is 10.9. The first-order chi connectivity index (χ1) is 16.0. The van der Waals surface area contributed by atoms with E-state index in [4.69, 9.17) is 21.6 Å². The van der Waals surface area contributed by atoms with Gasteiger partial charge in [-0.15, -0.1) is 0 Å². The van der Waals surface area contributed by atoms with Gasteiger partial charge in [-0.2, -0.15) is 0 Å². The Balaban J connectivity index is 1.56. The van der Waals surface area contributed by atoms with Crippen LogP contribution in [0.3, 0.4) is 0 Å². The molecule has 1 aromatic heterocycles. The largest absolute Gasteiger partial charge is 0.272 e. The molecule has 2 aromatic carbocycles. The fourth-order valence-electron chi connectivity index (χ4n) is 5.64. The highest BCUT2D eigenvalue weighted by Gasteiger charge is 2.73. The maximum atomic E-state index is 13.7. The third-order valence-corrected chi connectivity index (χ3v) is 8.36. The fraction of sp³-hybridized carbons (Fsp3) is 0.333. The average Bonchev–Trinajstić information content (AvgIpc) is 3.10. The van der Waals surface area contributed by atoms with Crippen molar-refractivity contribution in [3.8, 4) is 0 Å². The summed E-state index contributed by atoms with van der Waals surface area (Å²) < 4.78 is 0. The first-order valence-corrected chi connectivity index (χ1v) is 11.2. The van der Waals surface area contributed by atoms with E-state index in [0.717, 1.165) is 5.69 Å². The van der Waals surface area contributed by atoms with Crippen molar-refractivity contribution >= 4 is 40.1 Å². The number of carbonyl (C=O) groups excluding carboxylic acids is 2. The molecule has 2 N–H and O–H groups in total. The number of nitro groups is 1. The number of hydrogen-bond acceptors (Lipinski definition) is 6. The third-order valence-electron chi connectivity index (χ3n) is 8.03. The normalized spacial score (nSPS) is 24.0. The van der Waals surface area contributed by atoms with Gasteiger partial charge in [0, 0.05) is 17.5 Å². The summed E-state index contributed by atoms with van der Waals surface area (Å²) in [5.74, 6) is -0.938. The van der Waals surface area contributed by atoms with E-state index in [1.54, 1.807) is 30.3 Å². The van der Waals surface area contributed by atoms with Crippen LogP contribution in [0.25, 0.3) is 11.0 Å². The number of halogens is 1. The van der Waals surface area contributed by atoms with Crippen molar-refractivity contribution in [1.29, 1.82) is 0 Å². The van der Waals surface area contributed by atoms with Crippen LogP contribution < -0.4 is 10.9 Å². The van der Waals surface area contributed by atoms with Crippen molar-refractivity contribution in [1.82, 2.24) is 20.8 Å². The Kier molecular flexibility index (Phi) is 4.71. The predicted molar refractivity (Wildman–Crippen MR) is 125 cm³/mol. The minimum Gasteiger partial charge on any atom is -0.272 e. The number of benzene rings is 2. The summed E-state index contributed by atoms with van der Waals surface area (Å²) in [4.78, 5) is 46.7. The highest BCUT2D eigenvalue weighted by Crippen LogP contribution is 2.70. The molecule has 2 aliphatic rings. The second-order valence-electron chi connectivity index (χ2n) is 9.60. The van der Waals surface area contributed by atoms with Gasteiger partial charge in [0.25, 0.3) is 17.5 Å². The molecule has 1 saturated carbocycles. The highest BCUT2D eigenvalue weighted by molar-refractivity contribution is 6.33. The number of aromatic nitrogens is 2. The summed E-state index contributed by atoms with van der Waals surface area (Å²) in [7, 11) is 0. The molecule has 0 saturated heterocycles. The van der Waals surface area contributed by atoms with Crippen LogP contribution >= 0.6 is 11.6 Å². The molecule has 9 nitrogen and oxygen atoms in total. The Labute approximate surface area is 200 Å². The quantitative estimate of drug-likeness (QED) is 0.432. The molecule has 1 fully saturated rings. The van der Waals surface area contributed by atoms with E-state index in [-0.39, 0.29) is 16.3 Å². The number of hydrogen-bond donors (Lipinski definition) is 2. The minimum absolute atomic E-state index is 0.0964. The summed E-state index contributed by atoms with van der Waals surface area (Å²) in [6, 6.07) is 10.9. The molecule has 10 heteroatoms. The summed E-state index contributed by atoms with van der Waals surface area (Å²) in [6.45, 7) is 6.08. The molecule has 0 radical (unpaired) electrons. The maximum Gasteiger partial charge on any atom is 0.271 e. The topological polar surface area (TPSA) is 127 Å². The van der Waals surface area contributed by atoms with Gasteiger partial charge in [-0.3, -0.25) is 30.6 Å². The molecule has 2 bridgehead atoms. The number of non-ortho nitro benzene ring substituents is 1. The molecule has 5 rings (SSSR count). The van der Waals surface area contributed by atoms with Gasteiger partial charge in [0.2, 0.25) is 0 Å². The Hall–Kier alpha value is -3.59. The van der Waals surface area contributed by atoms with E-state index in [2.05, 4.69) is 17.8 Å². The zero-order valence-corrected chi connectivity index (χ0v) is 19.6. The van der Waals surface area contributed by atoms with Gasteiger partial charge in [0.1, 0.15) is 5.41 Å². The number of nitrogens with zero attached hydrogens (tertiary/aromatic N) is 3. The lowest BCUT2D eigenvalue weighted by Crippen LogP contribution is -2.55. The standard InChI is InChI=1S/C24H22ClN5O4/c1-22(2)23(3)10-11-24(22,21(32)29-28-20(31)14-6-4-5-7-15(14)25)19-18(23)26-16-9-8-13(30(33)34)12-17(16)27-19/h4-9,12H,10-11H2,1-3H3,(H,28,31)(H,29,32). The molecule has 2 aliphatic carbocycles. The van der Waals surface area contributed by atoms with E-state index < -0.39 is 33.0 Å². The van der Waals surface area contributed by atoms with Crippen molar-refractivity contribution < 1.29 is 14.5 Å². The van der Waals surface area contributed by atoms with E-state index in [1.165, 1.54) is 12.1 Å². The number of nitrogens with one attached hydrogen (secondary N) is 2. The molecular formula is C24H22ClN5O4. The molecule has 0 aliphatic heterocycles. The number of carbonyl (C=O) groups is 2. The number of nitro benzene ring substituents is 1. The zero-order chi connectivity index (χ0) is 24.5. The Morgan fingerprint density at radius 2 is 1.71 bits per heavy atom. The monoisotopic (exact) mass is 479 g/mol. The molecular weight excluding hydrogens is 458 g/mol. The van der Waals surface area contributed by atoms with Crippen LogP contribution in [0.1, 0.15) is 55.4 Å². The van der Waals surface area contributed by atoms with Crippen LogP contribution in [0.15, 0.2) is 42.5 Å².